The summed E-state index contributed by atoms with van der Waals surface area (Å²) in [5.41, 5.74) is 0.884. The first-order valence-corrected chi connectivity index (χ1v) is 5.29. The van der Waals surface area contributed by atoms with Crippen molar-refractivity contribution in [3.63, 3.8) is 0 Å². The summed E-state index contributed by atoms with van der Waals surface area (Å²) in [4.78, 5) is 3.94. The highest BCUT2D eigenvalue weighted by Crippen LogP contribution is 2.22. The van der Waals surface area contributed by atoms with Crippen LogP contribution in [-0.2, 0) is 6.54 Å². The van der Waals surface area contributed by atoms with E-state index in [1.54, 1.807) is 10.8 Å². The van der Waals surface area contributed by atoms with Crippen LogP contribution in [0.5, 0.6) is 0 Å². The van der Waals surface area contributed by atoms with Crippen LogP contribution in [0.15, 0.2) is 12.5 Å². The summed E-state index contributed by atoms with van der Waals surface area (Å²) in [5, 5.41) is 3.33. The van der Waals surface area contributed by atoms with Crippen LogP contribution in [0.1, 0.15) is 31.0 Å². The summed E-state index contributed by atoms with van der Waals surface area (Å²) in [6.07, 6.45) is 4.18. The zero-order chi connectivity index (χ0) is 10.7. The first kappa shape index (κ1) is 10.5. The fourth-order valence-electron chi connectivity index (χ4n) is 2.03. The summed E-state index contributed by atoms with van der Waals surface area (Å²) in [6, 6.07) is 0.194. The van der Waals surface area contributed by atoms with Gasteiger partial charge in [-0.3, -0.25) is 0 Å². The Labute approximate surface area is 87.5 Å². The van der Waals surface area contributed by atoms with Crippen molar-refractivity contribution in [2.24, 2.45) is 0 Å². The molecule has 84 valence electrons. The second kappa shape index (κ2) is 4.70. The van der Waals surface area contributed by atoms with Gasteiger partial charge in [-0.1, -0.05) is 6.42 Å². The molecule has 0 aromatic carbocycles. The normalized spacial score (nSPS) is 22.2. The Morgan fingerprint density at radius 2 is 2.40 bits per heavy atom. The molecule has 3 nitrogen and oxygen atoms in total. The molecule has 1 atom stereocenters. The van der Waals surface area contributed by atoms with Gasteiger partial charge >= 0.3 is 0 Å². The number of hydrogen-bond acceptors (Lipinski definition) is 2. The minimum atomic E-state index is -2.32. The fraction of sp³-hybridized carbons (Fsp3) is 0.700. The van der Waals surface area contributed by atoms with E-state index in [1.165, 1.54) is 12.7 Å². The standard InChI is InChI=1S/C10H15F2N3/c11-10(12)6-15-7-13-5-9(15)8-3-1-2-4-14-8/h5,7-8,10,14H,1-4,6H2. The Morgan fingerprint density at radius 1 is 1.53 bits per heavy atom. The van der Waals surface area contributed by atoms with Gasteiger partial charge in [0, 0.05) is 12.2 Å². The molecule has 5 heteroatoms. The number of halogens is 2. The first-order valence-electron chi connectivity index (χ1n) is 5.29. The lowest BCUT2D eigenvalue weighted by molar-refractivity contribution is 0.124. The molecule has 1 aliphatic rings. The number of aromatic nitrogens is 2. The maximum atomic E-state index is 12.3. The van der Waals surface area contributed by atoms with E-state index in [0.29, 0.717) is 0 Å². The SMILES string of the molecule is FC(F)Cn1cncc1C1CCCCN1. The van der Waals surface area contributed by atoms with Gasteiger partial charge in [-0.05, 0) is 19.4 Å². The molecule has 2 heterocycles. The number of hydrogen-bond donors (Lipinski definition) is 1. The Bertz CT molecular complexity index is 305. The molecule has 1 aliphatic heterocycles. The molecule has 1 fully saturated rings. The van der Waals surface area contributed by atoms with Crippen molar-refractivity contribution in [1.82, 2.24) is 14.9 Å². The molecular weight excluding hydrogens is 200 g/mol. The summed E-state index contributed by atoms with van der Waals surface area (Å²) in [5.74, 6) is 0. The zero-order valence-corrected chi connectivity index (χ0v) is 8.50. The third kappa shape index (κ3) is 2.53. The van der Waals surface area contributed by atoms with E-state index in [9.17, 15) is 8.78 Å². The number of rotatable bonds is 3. The molecule has 0 radical (unpaired) electrons. The number of nitrogens with zero attached hydrogens (tertiary/aromatic N) is 2. The molecule has 0 saturated carbocycles. The van der Waals surface area contributed by atoms with Gasteiger partial charge in [-0.15, -0.1) is 0 Å². The molecule has 1 aromatic heterocycles. The number of nitrogens with one attached hydrogen (secondary N) is 1. The molecule has 1 unspecified atom stereocenters. The monoisotopic (exact) mass is 215 g/mol. The first-order chi connectivity index (χ1) is 7.27. The lowest BCUT2D eigenvalue weighted by atomic mass is 10.0. The highest BCUT2D eigenvalue weighted by molar-refractivity contribution is 5.06. The van der Waals surface area contributed by atoms with Gasteiger partial charge < -0.3 is 9.88 Å². The van der Waals surface area contributed by atoms with E-state index >= 15 is 0 Å². The van der Waals surface area contributed by atoms with Gasteiger partial charge in [0.15, 0.2) is 0 Å². The summed E-state index contributed by atoms with van der Waals surface area (Å²) in [6.45, 7) is 0.706. The minimum absolute atomic E-state index is 0.194. The van der Waals surface area contributed by atoms with Crippen LogP contribution in [0.2, 0.25) is 0 Å². The Kier molecular flexibility index (Phi) is 3.30. The number of piperidine rings is 1. The zero-order valence-electron chi connectivity index (χ0n) is 8.50. The fourth-order valence-corrected chi connectivity index (χ4v) is 2.03. The Morgan fingerprint density at radius 3 is 3.07 bits per heavy atom. The molecule has 1 aromatic rings. The van der Waals surface area contributed by atoms with Crippen LogP contribution in [0.3, 0.4) is 0 Å². The minimum Gasteiger partial charge on any atom is -0.327 e. The van der Waals surface area contributed by atoms with Crippen molar-refractivity contribution in [2.75, 3.05) is 6.54 Å². The van der Waals surface area contributed by atoms with E-state index in [2.05, 4.69) is 10.3 Å². The van der Waals surface area contributed by atoms with Crippen molar-refractivity contribution in [2.45, 2.75) is 38.3 Å². The molecular formula is C10H15F2N3. The second-order valence-corrected chi connectivity index (χ2v) is 3.86. The highest BCUT2D eigenvalue weighted by Gasteiger charge is 2.19. The topological polar surface area (TPSA) is 29.9 Å². The molecule has 0 bridgehead atoms. The van der Waals surface area contributed by atoms with Crippen LogP contribution >= 0.6 is 0 Å². The van der Waals surface area contributed by atoms with Gasteiger partial charge in [0.25, 0.3) is 6.43 Å². The molecule has 0 amide bonds. The summed E-state index contributed by atoms with van der Waals surface area (Å²) < 4.78 is 26.1. The second-order valence-electron chi connectivity index (χ2n) is 3.86. The average Bonchev–Trinajstić information content (AvgIpc) is 2.66. The Hall–Kier alpha value is -0.970. The lowest BCUT2D eigenvalue weighted by Crippen LogP contribution is -2.29. The molecule has 2 rings (SSSR count). The van der Waals surface area contributed by atoms with E-state index in [0.717, 1.165) is 25.1 Å². The van der Waals surface area contributed by atoms with Gasteiger partial charge in [0.1, 0.15) is 0 Å². The van der Waals surface area contributed by atoms with Crippen molar-refractivity contribution in [3.8, 4) is 0 Å². The summed E-state index contributed by atoms with van der Waals surface area (Å²) >= 11 is 0. The average molecular weight is 215 g/mol. The third-order valence-electron chi connectivity index (χ3n) is 2.75. The molecule has 0 aliphatic carbocycles. The maximum Gasteiger partial charge on any atom is 0.256 e. The maximum absolute atomic E-state index is 12.3. The Balaban J connectivity index is 2.09. The summed E-state index contributed by atoms with van der Waals surface area (Å²) in [7, 11) is 0. The van der Waals surface area contributed by atoms with Crippen molar-refractivity contribution < 1.29 is 8.78 Å². The molecule has 1 saturated heterocycles. The molecule has 0 spiro atoms. The van der Waals surface area contributed by atoms with E-state index in [-0.39, 0.29) is 12.6 Å². The predicted octanol–water partition coefficient (Wildman–Crippen LogP) is 1.96. The van der Waals surface area contributed by atoms with Crippen LogP contribution in [0, 0.1) is 0 Å². The van der Waals surface area contributed by atoms with Crippen molar-refractivity contribution >= 4 is 0 Å². The number of alkyl halides is 2. The van der Waals surface area contributed by atoms with Gasteiger partial charge in [-0.25, -0.2) is 13.8 Å². The van der Waals surface area contributed by atoms with Crippen molar-refractivity contribution in [3.05, 3.63) is 18.2 Å². The van der Waals surface area contributed by atoms with Gasteiger partial charge in [-0.2, -0.15) is 0 Å². The third-order valence-corrected chi connectivity index (χ3v) is 2.75. The van der Waals surface area contributed by atoms with Crippen LogP contribution < -0.4 is 5.32 Å². The van der Waals surface area contributed by atoms with Crippen LogP contribution in [0.4, 0.5) is 8.78 Å². The van der Waals surface area contributed by atoms with E-state index < -0.39 is 6.43 Å². The predicted molar refractivity (Wildman–Crippen MR) is 52.8 cm³/mol. The van der Waals surface area contributed by atoms with E-state index in [1.807, 2.05) is 0 Å². The highest BCUT2D eigenvalue weighted by atomic mass is 19.3. The molecule has 15 heavy (non-hydrogen) atoms. The quantitative estimate of drug-likeness (QED) is 0.835. The van der Waals surface area contributed by atoms with E-state index in [4.69, 9.17) is 0 Å². The molecule has 1 N–H and O–H groups in total. The number of imidazole rings is 1. The largest absolute Gasteiger partial charge is 0.327 e. The smallest absolute Gasteiger partial charge is 0.256 e. The lowest BCUT2D eigenvalue weighted by Gasteiger charge is -2.24. The van der Waals surface area contributed by atoms with Crippen LogP contribution in [-0.4, -0.2) is 22.5 Å². The van der Waals surface area contributed by atoms with Crippen LogP contribution in [0.25, 0.3) is 0 Å². The van der Waals surface area contributed by atoms with Gasteiger partial charge in [0.2, 0.25) is 0 Å². The van der Waals surface area contributed by atoms with Gasteiger partial charge in [0.05, 0.1) is 18.6 Å². The van der Waals surface area contributed by atoms with Crippen molar-refractivity contribution in [1.29, 1.82) is 0 Å².